The van der Waals surface area contributed by atoms with E-state index in [2.05, 4.69) is 39.8 Å². The van der Waals surface area contributed by atoms with Crippen molar-refractivity contribution in [1.82, 2.24) is 0 Å². The topological polar surface area (TPSA) is 29.5 Å². The van der Waals surface area contributed by atoms with Crippen molar-refractivity contribution in [3.63, 3.8) is 0 Å². The van der Waals surface area contributed by atoms with Gasteiger partial charge in [0.2, 0.25) is 5.91 Å². The molecular formula is C22H27NO2. The summed E-state index contributed by atoms with van der Waals surface area (Å²) in [7, 11) is 1.66. The molecule has 0 saturated carbocycles. The summed E-state index contributed by atoms with van der Waals surface area (Å²) >= 11 is 0. The molecule has 0 saturated heterocycles. The number of hydrogen-bond donors (Lipinski definition) is 0. The molecule has 3 nitrogen and oxygen atoms in total. The van der Waals surface area contributed by atoms with E-state index < -0.39 is 0 Å². The second-order valence-electron chi connectivity index (χ2n) is 7.40. The van der Waals surface area contributed by atoms with Crippen LogP contribution in [-0.4, -0.2) is 13.0 Å². The molecule has 25 heavy (non-hydrogen) atoms. The van der Waals surface area contributed by atoms with Crippen LogP contribution in [0.25, 0.3) is 0 Å². The molecule has 0 aliphatic carbocycles. The number of aryl methyl sites for hydroxylation is 2. The minimum absolute atomic E-state index is 0.217. The van der Waals surface area contributed by atoms with Crippen LogP contribution in [0.1, 0.15) is 48.4 Å². The second kappa shape index (κ2) is 6.91. The molecule has 3 heteroatoms. The van der Waals surface area contributed by atoms with Crippen LogP contribution in [0.5, 0.6) is 5.75 Å². The van der Waals surface area contributed by atoms with Crippen molar-refractivity contribution in [2.75, 3.05) is 12.0 Å². The van der Waals surface area contributed by atoms with E-state index >= 15 is 0 Å². The Morgan fingerprint density at radius 3 is 2.44 bits per heavy atom. The summed E-state index contributed by atoms with van der Waals surface area (Å²) in [5.41, 5.74) is 5.99. The van der Waals surface area contributed by atoms with Crippen LogP contribution in [0.15, 0.2) is 36.4 Å². The van der Waals surface area contributed by atoms with Gasteiger partial charge in [-0.2, -0.15) is 0 Å². The highest BCUT2D eigenvalue weighted by molar-refractivity contribution is 5.98. The molecule has 1 aliphatic heterocycles. The number of amides is 1. The molecule has 1 heterocycles. The Morgan fingerprint density at radius 2 is 1.84 bits per heavy atom. The van der Waals surface area contributed by atoms with Crippen LogP contribution >= 0.6 is 0 Å². The van der Waals surface area contributed by atoms with Crippen LogP contribution in [0, 0.1) is 19.8 Å². The first-order chi connectivity index (χ1) is 11.9. The maximum atomic E-state index is 12.9. The van der Waals surface area contributed by atoms with Crippen molar-refractivity contribution in [3.8, 4) is 5.75 Å². The summed E-state index contributed by atoms with van der Waals surface area (Å²) in [5, 5.41) is 0. The molecule has 2 aromatic rings. The third-order valence-electron chi connectivity index (χ3n) is 5.14. The zero-order valence-electron chi connectivity index (χ0n) is 15.8. The van der Waals surface area contributed by atoms with Gasteiger partial charge in [-0.3, -0.25) is 4.79 Å². The highest BCUT2D eigenvalue weighted by Crippen LogP contribution is 2.43. The normalized spacial score (nSPS) is 17.0. The SMILES string of the molecule is COc1ccc(CN2C(=O)C[C@@H](C(C)C)c3cc(C)cc(C)c32)cc1. The van der Waals surface area contributed by atoms with Crippen molar-refractivity contribution in [2.24, 2.45) is 5.92 Å². The van der Waals surface area contributed by atoms with E-state index in [4.69, 9.17) is 4.74 Å². The van der Waals surface area contributed by atoms with E-state index in [1.165, 1.54) is 16.7 Å². The number of rotatable bonds is 4. The van der Waals surface area contributed by atoms with E-state index in [1.807, 2.05) is 29.2 Å². The molecule has 0 fully saturated rings. The summed E-state index contributed by atoms with van der Waals surface area (Å²) in [4.78, 5) is 14.9. The lowest BCUT2D eigenvalue weighted by molar-refractivity contribution is -0.119. The van der Waals surface area contributed by atoms with Crippen LogP contribution in [0.2, 0.25) is 0 Å². The van der Waals surface area contributed by atoms with E-state index in [0.29, 0.717) is 24.8 Å². The fourth-order valence-corrected chi connectivity index (χ4v) is 3.85. The molecule has 0 radical (unpaired) electrons. The standard InChI is InChI=1S/C22H27NO2/c1-14(2)19-12-21(24)23(13-17-6-8-18(25-5)9-7-17)22-16(4)10-15(3)11-20(19)22/h6-11,14,19H,12-13H2,1-5H3/t19-/m0/s1. The minimum atomic E-state index is 0.217. The Morgan fingerprint density at radius 1 is 1.16 bits per heavy atom. The maximum absolute atomic E-state index is 12.9. The smallest absolute Gasteiger partial charge is 0.227 e. The molecule has 0 N–H and O–H groups in total. The quantitative estimate of drug-likeness (QED) is 0.787. The van der Waals surface area contributed by atoms with Crippen molar-refractivity contribution < 1.29 is 9.53 Å². The van der Waals surface area contributed by atoms with E-state index in [1.54, 1.807) is 7.11 Å². The number of fused-ring (bicyclic) bond motifs is 1. The average Bonchev–Trinajstić information content (AvgIpc) is 2.57. The number of benzene rings is 2. The fraction of sp³-hybridized carbons (Fsp3) is 0.409. The Balaban J connectivity index is 2.02. The second-order valence-corrected chi connectivity index (χ2v) is 7.40. The van der Waals surface area contributed by atoms with Gasteiger partial charge < -0.3 is 9.64 Å². The van der Waals surface area contributed by atoms with Crippen molar-refractivity contribution >= 4 is 11.6 Å². The lowest BCUT2D eigenvalue weighted by Crippen LogP contribution is -2.38. The Kier molecular flexibility index (Phi) is 4.85. The largest absolute Gasteiger partial charge is 0.497 e. The summed E-state index contributed by atoms with van der Waals surface area (Å²) in [6.45, 7) is 9.26. The predicted molar refractivity (Wildman–Crippen MR) is 102 cm³/mol. The Bertz CT molecular complexity index is 777. The molecular weight excluding hydrogens is 310 g/mol. The molecule has 1 aliphatic rings. The van der Waals surface area contributed by atoms with Crippen molar-refractivity contribution in [1.29, 1.82) is 0 Å². The van der Waals surface area contributed by atoms with Gasteiger partial charge in [0.1, 0.15) is 5.75 Å². The van der Waals surface area contributed by atoms with E-state index in [0.717, 1.165) is 17.0 Å². The molecule has 1 amide bonds. The van der Waals surface area contributed by atoms with Crippen LogP contribution < -0.4 is 9.64 Å². The van der Waals surface area contributed by atoms with Crippen molar-refractivity contribution in [3.05, 3.63) is 58.7 Å². The van der Waals surface area contributed by atoms with Crippen LogP contribution in [0.3, 0.4) is 0 Å². The first-order valence-electron chi connectivity index (χ1n) is 8.95. The first kappa shape index (κ1) is 17.5. The molecule has 2 aromatic carbocycles. The third kappa shape index (κ3) is 3.41. The van der Waals surface area contributed by atoms with Gasteiger partial charge in [-0.05, 0) is 54.5 Å². The maximum Gasteiger partial charge on any atom is 0.227 e. The summed E-state index contributed by atoms with van der Waals surface area (Å²) in [5.74, 6) is 1.80. The number of ether oxygens (including phenoxy) is 1. The Labute approximate surface area is 150 Å². The molecule has 132 valence electrons. The number of carbonyl (C=O) groups excluding carboxylic acids is 1. The van der Waals surface area contributed by atoms with Crippen LogP contribution in [-0.2, 0) is 11.3 Å². The summed E-state index contributed by atoms with van der Waals surface area (Å²) in [6, 6.07) is 12.4. The Hall–Kier alpha value is -2.29. The number of methoxy groups -OCH3 is 1. The molecule has 0 unspecified atom stereocenters. The number of carbonyl (C=O) groups is 1. The van der Waals surface area contributed by atoms with Gasteiger partial charge >= 0.3 is 0 Å². The average molecular weight is 337 g/mol. The lowest BCUT2D eigenvalue weighted by atomic mass is 9.80. The van der Waals surface area contributed by atoms with Gasteiger partial charge in [-0.1, -0.05) is 43.7 Å². The monoisotopic (exact) mass is 337 g/mol. The summed E-state index contributed by atoms with van der Waals surface area (Å²) in [6.07, 6.45) is 0.587. The number of hydrogen-bond acceptors (Lipinski definition) is 2. The fourth-order valence-electron chi connectivity index (χ4n) is 3.85. The summed E-state index contributed by atoms with van der Waals surface area (Å²) < 4.78 is 5.23. The van der Waals surface area contributed by atoms with E-state index in [9.17, 15) is 4.79 Å². The molecule has 0 aromatic heterocycles. The third-order valence-corrected chi connectivity index (χ3v) is 5.14. The molecule has 0 spiro atoms. The highest BCUT2D eigenvalue weighted by Gasteiger charge is 2.34. The van der Waals surface area contributed by atoms with Gasteiger partial charge in [-0.15, -0.1) is 0 Å². The zero-order chi connectivity index (χ0) is 18.1. The predicted octanol–water partition coefficient (Wildman–Crippen LogP) is 4.99. The van der Waals surface area contributed by atoms with Gasteiger partial charge in [0.25, 0.3) is 0 Å². The number of nitrogens with zero attached hydrogens (tertiary/aromatic N) is 1. The first-order valence-corrected chi connectivity index (χ1v) is 8.95. The van der Waals surface area contributed by atoms with Gasteiger partial charge in [0.15, 0.2) is 0 Å². The minimum Gasteiger partial charge on any atom is -0.497 e. The zero-order valence-corrected chi connectivity index (χ0v) is 15.8. The van der Waals surface area contributed by atoms with E-state index in [-0.39, 0.29) is 5.91 Å². The van der Waals surface area contributed by atoms with Crippen LogP contribution in [0.4, 0.5) is 5.69 Å². The highest BCUT2D eigenvalue weighted by atomic mass is 16.5. The van der Waals surface area contributed by atoms with Gasteiger partial charge in [0.05, 0.1) is 19.3 Å². The molecule has 0 bridgehead atoms. The van der Waals surface area contributed by atoms with Gasteiger partial charge in [-0.25, -0.2) is 0 Å². The van der Waals surface area contributed by atoms with Gasteiger partial charge in [0, 0.05) is 6.42 Å². The molecule has 1 atom stereocenters. The lowest BCUT2D eigenvalue weighted by Gasteiger charge is -2.37. The number of anilines is 1. The molecule has 3 rings (SSSR count). The van der Waals surface area contributed by atoms with Crippen molar-refractivity contribution in [2.45, 2.75) is 46.6 Å².